The van der Waals surface area contributed by atoms with Gasteiger partial charge in [-0.05, 0) is 12.0 Å². The number of carbonyl (C=O) groups is 2. The summed E-state index contributed by atoms with van der Waals surface area (Å²) in [6.07, 6.45) is -0.192. The molecule has 1 aromatic rings. The lowest BCUT2D eigenvalue weighted by Crippen LogP contribution is -2.39. The van der Waals surface area contributed by atoms with Crippen molar-refractivity contribution in [2.75, 3.05) is 13.1 Å². The minimum Gasteiger partial charge on any atom is -0.480 e. The molecule has 0 bridgehead atoms. The lowest BCUT2D eigenvalue weighted by molar-refractivity contribution is -0.144. The first-order chi connectivity index (χ1) is 10.3. The van der Waals surface area contributed by atoms with Gasteiger partial charge in [-0.1, -0.05) is 32.0 Å². The standard InChI is InChI=1S/C15H19F2NO4/c1-10(2)8-18(9-14(20)21)13(19)7-11-5-3-4-6-12(11)22-15(16)17/h3-6,10,15H,7-9H2,1-2H3,(H,20,21). The molecule has 0 aromatic heterocycles. The van der Waals surface area contributed by atoms with E-state index in [4.69, 9.17) is 5.11 Å². The molecule has 0 unspecified atom stereocenters. The molecule has 0 aliphatic heterocycles. The van der Waals surface area contributed by atoms with Gasteiger partial charge in [0.2, 0.25) is 5.91 Å². The van der Waals surface area contributed by atoms with Gasteiger partial charge < -0.3 is 14.7 Å². The van der Waals surface area contributed by atoms with Gasteiger partial charge in [-0.3, -0.25) is 9.59 Å². The molecule has 0 saturated heterocycles. The number of rotatable bonds is 8. The minimum absolute atomic E-state index is 0.0781. The van der Waals surface area contributed by atoms with Crippen LogP contribution in [0.5, 0.6) is 5.75 Å². The molecule has 0 aliphatic rings. The average molecular weight is 315 g/mol. The second-order valence-electron chi connectivity index (χ2n) is 5.22. The van der Waals surface area contributed by atoms with Crippen molar-refractivity contribution in [3.8, 4) is 5.75 Å². The van der Waals surface area contributed by atoms with Crippen LogP contribution in [0.15, 0.2) is 24.3 Å². The van der Waals surface area contributed by atoms with Gasteiger partial charge >= 0.3 is 12.6 Å². The van der Waals surface area contributed by atoms with Crippen molar-refractivity contribution < 1.29 is 28.2 Å². The van der Waals surface area contributed by atoms with E-state index in [1.165, 1.54) is 23.1 Å². The molecule has 0 saturated carbocycles. The summed E-state index contributed by atoms with van der Waals surface area (Å²) in [5.74, 6) is -1.55. The van der Waals surface area contributed by atoms with E-state index in [-0.39, 0.29) is 24.6 Å². The lowest BCUT2D eigenvalue weighted by Gasteiger charge is -2.23. The van der Waals surface area contributed by atoms with Gasteiger partial charge in [-0.25, -0.2) is 0 Å². The Morgan fingerprint density at radius 1 is 1.27 bits per heavy atom. The van der Waals surface area contributed by atoms with Gasteiger partial charge in [-0.2, -0.15) is 8.78 Å². The normalized spacial score (nSPS) is 10.8. The molecule has 122 valence electrons. The fraction of sp³-hybridized carbons (Fsp3) is 0.467. The summed E-state index contributed by atoms with van der Waals surface area (Å²) in [6, 6.07) is 5.97. The van der Waals surface area contributed by atoms with Gasteiger partial charge in [-0.15, -0.1) is 0 Å². The third-order valence-corrected chi connectivity index (χ3v) is 2.79. The van der Waals surface area contributed by atoms with Crippen LogP contribution in [-0.4, -0.2) is 41.6 Å². The molecule has 0 spiro atoms. The van der Waals surface area contributed by atoms with E-state index in [1.54, 1.807) is 6.07 Å². The molecule has 0 radical (unpaired) electrons. The number of nitrogens with zero attached hydrogens (tertiary/aromatic N) is 1. The first-order valence-electron chi connectivity index (χ1n) is 6.82. The maximum Gasteiger partial charge on any atom is 0.387 e. The smallest absolute Gasteiger partial charge is 0.387 e. The highest BCUT2D eigenvalue weighted by Crippen LogP contribution is 2.21. The Bertz CT molecular complexity index is 520. The average Bonchev–Trinajstić information content (AvgIpc) is 2.38. The van der Waals surface area contributed by atoms with Gasteiger partial charge in [0.15, 0.2) is 0 Å². The second kappa shape index (κ2) is 8.31. The summed E-state index contributed by atoms with van der Waals surface area (Å²) >= 11 is 0. The molecule has 1 rings (SSSR count). The Labute approximate surface area is 127 Å². The fourth-order valence-electron chi connectivity index (χ4n) is 1.99. The predicted octanol–water partition coefficient (Wildman–Crippen LogP) is 2.40. The number of halogens is 2. The molecule has 1 aromatic carbocycles. The van der Waals surface area contributed by atoms with Crippen LogP contribution in [0.3, 0.4) is 0 Å². The van der Waals surface area contributed by atoms with Crippen molar-refractivity contribution in [3.05, 3.63) is 29.8 Å². The Morgan fingerprint density at radius 2 is 1.91 bits per heavy atom. The maximum atomic E-state index is 12.3. The van der Waals surface area contributed by atoms with Crippen LogP contribution in [0.2, 0.25) is 0 Å². The molecular formula is C15H19F2NO4. The number of aliphatic carboxylic acids is 1. The summed E-state index contributed by atoms with van der Waals surface area (Å²) in [6.45, 7) is 0.589. The van der Waals surface area contributed by atoms with Crippen molar-refractivity contribution in [3.63, 3.8) is 0 Å². The van der Waals surface area contributed by atoms with Crippen LogP contribution < -0.4 is 4.74 Å². The number of carboxylic acid groups (broad SMARTS) is 1. The highest BCUT2D eigenvalue weighted by molar-refractivity contribution is 5.83. The minimum atomic E-state index is -2.98. The monoisotopic (exact) mass is 315 g/mol. The van der Waals surface area contributed by atoms with Crippen molar-refractivity contribution in [1.29, 1.82) is 0 Å². The molecular weight excluding hydrogens is 296 g/mol. The van der Waals surface area contributed by atoms with E-state index >= 15 is 0 Å². The molecule has 0 aliphatic carbocycles. The number of alkyl halides is 2. The van der Waals surface area contributed by atoms with E-state index in [9.17, 15) is 18.4 Å². The van der Waals surface area contributed by atoms with Gasteiger partial charge in [0.25, 0.3) is 0 Å². The number of para-hydroxylation sites is 1. The third kappa shape index (κ3) is 6.07. The molecule has 0 fully saturated rings. The van der Waals surface area contributed by atoms with E-state index in [0.717, 1.165) is 0 Å². The zero-order valence-electron chi connectivity index (χ0n) is 12.5. The van der Waals surface area contributed by atoms with Crippen molar-refractivity contribution in [2.24, 2.45) is 5.92 Å². The zero-order chi connectivity index (χ0) is 16.7. The quantitative estimate of drug-likeness (QED) is 0.800. The summed E-state index contributed by atoms with van der Waals surface area (Å²) in [5, 5.41) is 8.87. The first-order valence-corrected chi connectivity index (χ1v) is 6.82. The van der Waals surface area contributed by atoms with Crippen LogP contribution >= 0.6 is 0 Å². The van der Waals surface area contributed by atoms with Crippen molar-refractivity contribution in [2.45, 2.75) is 26.9 Å². The summed E-state index contributed by atoms with van der Waals surface area (Å²) in [7, 11) is 0. The molecule has 0 atom stereocenters. The predicted molar refractivity (Wildman–Crippen MR) is 75.8 cm³/mol. The van der Waals surface area contributed by atoms with Crippen LogP contribution in [0.4, 0.5) is 8.78 Å². The van der Waals surface area contributed by atoms with Crippen molar-refractivity contribution >= 4 is 11.9 Å². The largest absolute Gasteiger partial charge is 0.480 e. The van der Waals surface area contributed by atoms with E-state index in [1.807, 2.05) is 13.8 Å². The molecule has 0 heterocycles. The first kappa shape index (κ1) is 17.9. The molecule has 22 heavy (non-hydrogen) atoms. The zero-order valence-corrected chi connectivity index (χ0v) is 12.5. The lowest BCUT2D eigenvalue weighted by atomic mass is 10.1. The van der Waals surface area contributed by atoms with Gasteiger partial charge in [0.1, 0.15) is 12.3 Å². The van der Waals surface area contributed by atoms with Gasteiger partial charge in [0, 0.05) is 12.1 Å². The Hall–Kier alpha value is -2.18. The Morgan fingerprint density at radius 3 is 2.45 bits per heavy atom. The van der Waals surface area contributed by atoms with Crippen molar-refractivity contribution in [1.82, 2.24) is 4.90 Å². The Balaban J connectivity index is 2.86. The van der Waals surface area contributed by atoms with Gasteiger partial charge in [0.05, 0.1) is 6.42 Å². The highest BCUT2D eigenvalue weighted by atomic mass is 19.3. The van der Waals surface area contributed by atoms with E-state index in [0.29, 0.717) is 5.56 Å². The number of hydrogen-bond acceptors (Lipinski definition) is 3. The molecule has 7 heteroatoms. The number of carboxylic acids is 1. The van der Waals surface area contributed by atoms with E-state index in [2.05, 4.69) is 4.74 Å². The maximum absolute atomic E-state index is 12.3. The number of amides is 1. The third-order valence-electron chi connectivity index (χ3n) is 2.79. The van der Waals surface area contributed by atoms with Crippen LogP contribution in [-0.2, 0) is 16.0 Å². The fourth-order valence-corrected chi connectivity index (χ4v) is 1.99. The van der Waals surface area contributed by atoms with Crippen LogP contribution in [0.1, 0.15) is 19.4 Å². The number of ether oxygens (including phenoxy) is 1. The molecule has 1 amide bonds. The molecule has 1 N–H and O–H groups in total. The summed E-state index contributed by atoms with van der Waals surface area (Å²) < 4.78 is 29.1. The van der Waals surface area contributed by atoms with Crippen LogP contribution in [0.25, 0.3) is 0 Å². The van der Waals surface area contributed by atoms with E-state index < -0.39 is 25.0 Å². The van der Waals surface area contributed by atoms with Crippen LogP contribution in [0, 0.1) is 5.92 Å². The Kier molecular flexibility index (Phi) is 6.75. The number of benzene rings is 1. The second-order valence-corrected chi connectivity index (χ2v) is 5.22. The number of carbonyl (C=O) groups excluding carboxylic acids is 1. The molecule has 5 nitrogen and oxygen atoms in total. The number of hydrogen-bond donors (Lipinski definition) is 1. The summed E-state index contributed by atoms with van der Waals surface area (Å²) in [5.41, 5.74) is 0.298. The summed E-state index contributed by atoms with van der Waals surface area (Å²) in [4.78, 5) is 24.3. The SMILES string of the molecule is CC(C)CN(CC(=O)O)C(=O)Cc1ccccc1OC(F)F. The topological polar surface area (TPSA) is 66.8 Å². The highest BCUT2D eigenvalue weighted by Gasteiger charge is 2.20.